The lowest BCUT2D eigenvalue weighted by atomic mass is 10.1. The molecule has 1 saturated heterocycles. The van der Waals surface area contributed by atoms with Gasteiger partial charge in [-0.2, -0.15) is 0 Å². The molecule has 0 radical (unpaired) electrons. The Balaban J connectivity index is 2.14. The van der Waals surface area contributed by atoms with Gasteiger partial charge < -0.3 is 20.0 Å². The Labute approximate surface area is 129 Å². The van der Waals surface area contributed by atoms with Crippen molar-refractivity contribution in [1.29, 1.82) is 0 Å². The minimum Gasteiger partial charge on any atom is -0.480 e. The van der Waals surface area contributed by atoms with Crippen LogP contribution in [0.15, 0.2) is 22.8 Å². The number of carbonyl (C=O) groups excluding carboxylic acids is 1. The van der Waals surface area contributed by atoms with Crippen LogP contribution in [-0.4, -0.2) is 40.3 Å². The summed E-state index contributed by atoms with van der Waals surface area (Å²) in [6.07, 6.45) is 1.15. The number of hydrogen-bond acceptors (Lipinski definition) is 6. The third-order valence-electron chi connectivity index (χ3n) is 3.58. The minimum absolute atomic E-state index is 0.299. The second-order valence-corrected chi connectivity index (χ2v) is 6.41. The standard InChI is InChI=1S/C15H22N2O5/c1-15(2,3)22-14(20)9-6-7-17(12(9)16)11(13(18)19)10-5-4-8-21-10/h4-5,8-9,11-12H,6-7,16H2,1-3H3,(H,18,19)/t9-,11+,12+/m1/s1. The van der Waals surface area contributed by atoms with Crippen LogP contribution >= 0.6 is 0 Å². The fourth-order valence-electron chi connectivity index (χ4n) is 2.65. The number of carboxylic acid groups (broad SMARTS) is 1. The summed E-state index contributed by atoms with van der Waals surface area (Å²) >= 11 is 0. The first kappa shape index (κ1) is 16.5. The van der Waals surface area contributed by atoms with Gasteiger partial charge in [0.2, 0.25) is 0 Å². The number of likely N-dealkylation sites (tertiary alicyclic amines) is 1. The largest absolute Gasteiger partial charge is 0.480 e. The van der Waals surface area contributed by atoms with Gasteiger partial charge in [-0.25, -0.2) is 0 Å². The van der Waals surface area contributed by atoms with Crippen molar-refractivity contribution in [3.63, 3.8) is 0 Å². The summed E-state index contributed by atoms with van der Waals surface area (Å²) < 4.78 is 10.6. The zero-order valence-electron chi connectivity index (χ0n) is 13.0. The monoisotopic (exact) mass is 310 g/mol. The molecule has 0 aliphatic carbocycles. The van der Waals surface area contributed by atoms with Crippen LogP contribution in [0, 0.1) is 5.92 Å². The van der Waals surface area contributed by atoms with E-state index >= 15 is 0 Å². The van der Waals surface area contributed by atoms with Crippen LogP contribution in [0.2, 0.25) is 0 Å². The van der Waals surface area contributed by atoms with Crippen LogP contribution < -0.4 is 5.73 Å². The van der Waals surface area contributed by atoms with Gasteiger partial charge in [-0.1, -0.05) is 0 Å². The molecule has 0 amide bonds. The Bertz CT molecular complexity index is 535. The Hall–Kier alpha value is -1.86. The van der Waals surface area contributed by atoms with Crippen molar-refractivity contribution in [2.24, 2.45) is 11.7 Å². The quantitative estimate of drug-likeness (QED) is 0.808. The van der Waals surface area contributed by atoms with Crippen molar-refractivity contribution in [2.75, 3.05) is 6.54 Å². The Morgan fingerprint density at radius 1 is 1.50 bits per heavy atom. The molecule has 122 valence electrons. The van der Waals surface area contributed by atoms with E-state index in [9.17, 15) is 14.7 Å². The third-order valence-corrected chi connectivity index (χ3v) is 3.58. The molecule has 1 aromatic heterocycles. The fraction of sp³-hybridized carbons (Fsp3) is 0.600. The number of hydrogen-bond donors (Lipinski definition) is 2. The molecule has 3 N–H and O–H groups in total. The first-order valence-electron chi connectivity index (χ1n) is 7.21. The zero-order valence-corrected chi connectivity index (χ0v) is 13.0. The van der Waals surface area contributed by atoms with Gasteiger partial charge in [-0.3, -0.25) is 14.5 Å². The molecule has 2 heterocycles. The highest BCUT2D eigenvalue weighted by atomic mass is 16.6. The van der Waals surface area contributed by atoms with E-state index in [1.54, 1.807) is 37.8 Å². The molecule has 1 aliphatic heterocycles. The maximum absolute atomic E-state index is 12.2. The van der Waals surface area contributed by atoms with Crippen molar-refractivity contribution >= 4 is 11.9 Å². The molecular formula is C15H22N2O5. The molecule has 22 heavy (non-hydrogen) atoms. The number of furan rings is 1. The summed E-state index contributed by atoms with van der Waals surface area (Å²) in [4.78, 5) is 25.3. The first-order chi connectivity index (χ1) is 10.2. The predicted octanol–water partition coefficient (Wildman–Crippen LogP) is 1.35. The highest BCUT2D eigenvalue weighted by molar-refractivity contribution is 5.76. The van der Waals surface area contributed by atoms with Gasteiger partial charge in [0.05, 0.1) is 18.3 Å². The number of ether oxygens (including phenoxy) is 1. The van der Waals surface area contributed by atoms with E-state index in [0.29, 0.717) is 18.7 Å². The van der Waals surface area contributed by atoms with Gasteiger partial charge in [0.15, 0.2) is 6.04 Å². The van der Waals surface area contributed by atoms with Gasteiger partial charge >= 0.3 is 11.9 Å². The zero-order chi connectivity index (χ0) is 16.5. The molecule has 3 atom stereocenters. The lowest BCUT2D eigenvalue weighted by Crippen LogP contribution is -2.47. The molecule has 0 saturated carbocycles. The molecule has 7 nitrogen and oxygen atoms in total. The third kappa shape index (κ3) is 3.48. The van der Waals surface area contributed by atoms with Crippen LogP contribution in [0.25, 0.3) is 0 Å². The predicted molar refractivity (Wildman–Crippen MR) is 77.7 cm³/mol. The van der Waals surface area contributed by atoms with Crippen molar-refractivity contribution in [1.82, 2.24) is 4.90 Å². The lowest BCUT2D eigenvalue weighted by Gasteiger charge is -2.29. The molecule has 0 aromatic carbocycles. The molecule has 1 aliphatic rings. The molecule has 0 bridgehead atoms. The average molecular weight is 310 g/mol. The van der Waals surface area contributed by atoms with Crippen LogP contribution in [0.4, 0.5) is 0 Å². The van der Waals surface area contributed by atoms with Gasteiger partial charge in [0.25, 0.3) is 0 Å². The van der Waals surface area contributed by atoms with Crippen molar-refractivity contribution < 1.29 is 23.8 Å². The second kappa shape index (κ2) is 6.10. The SMILES string of the molecule is CC(C)(C)OC(=O)[C@@H]1CCN([C@H](C(=O)O)c2ccco2)[C@@H]1N. The number of nitrogens with two attached hydrogens (primary N) is 1. The summed E-state index contributed by atoms with van der Waals surface area (Å²) in [5, 5.41) is 9.46. The second-order valence-electron chi connectivity index (χ2n) is 6.41. The lowest BCUT2D eigenvalue weighted by molar-refractivity contribution is -0.161. The molecule has 0 spiro atoms. The summed E-state index contributed by atoms with van der Waals surface area (Å²) in [6.45, 7) is 5.74. The summed E-state index contributed by atoms with van der Waals surface area (Å²) in [5.74, 6) is -1.70. The Kier molecular flexibility index (Phi) is 4.58. The van der Waals surface area contributed by atoms with Crippen molar-refractivity contribution in [3.8, 4) is 0 Å². The minimum atomic E-state index is -1.06. The maximum atomic E-state index is 12.2. The number of carboxylic acids is 1. The highest BCUT2D eigenvalue weighted by Crippen LogP contribution is 2.32. The maximum Gasteiger partial charge on any atom is 0.328 e. The van der Waals surface area contributed by atoms with E-state index in [0.717, 1.165) is 0 Å². The molecule has 0 unspecified atom stereocenters. The van der Waals surface area contributed by atoms with E-state index < -0.39 is 35.7 Å². The molecule has 1 fully saturated rings. The van der Waals surface area contributed by atoms with E-state index in [4.69, 9.17) is 14.9 Å². The van der Waals surface area contributed by atoms with Crippen LogP contribution in [0.1, 0.15) is 39.0 Å². The fourth-order valence-corrected chi connectivity index (χ4v) is 2.65. The van der Waals surface area contributed by atoms with Crippen LogP contribution in [0.5, 0.6) is 0 Å². The highest BCUT2D eigenvalue weighted by Gasteiger charge is 2.44. The topological polar surface area (TPSA) is 106 Å². The van der Waals surface area contributed by atoms with Crippen molar-refractivity contribution in [3.05, 3.63) is 24.2 Å². The number of carbonyl (C=O) groups is 2. The first-order valence-corrected chi connectivity index (χ1v) is 7.21. The average Bonchev–Trinajstić information content (AvgIpc) is 2.99. The van der Waals surface area contributed by atoms with Gasteiger partial charge in [0, 0.05) is 6.54 Å². The summed E-state index contributed by atoms with van der Waals surface area (Å²) in [7, 11) is 0. The number of nitrogens with zero attached hydrogens (tertiary/aromatic N) is 1. The van der Waals surface area contributed by atoms with E-state index in [1.807, 2.05) is 0 Å². The number of rotatable bonds is 4. The van der Waals surface area contributed by atoms with E-state index in [2.05, 4.69) is 0 Å². The normalized spacial score (nSPS) is 24.2. The summed E-state index contributed by atoms with van der Waals surface area (Å²) in [6, 6.07) is 2.21. The van der Waals surface area contributed by atoms with Crippen molar-refractivity contribution in [2.45, 2.75) is 45.0 Å². The van der Waals surface area contributed by atoms with Gasteiger partial charge in [-0.05, 0) is 39.3 Å². The summed E-state index contributed by atoms with van der Waals surface area (Å²) in [5.41, 5.74) is 5.51. The Morgan fingerprint density at radius 3 is 2.68 bits per heavy atom. The Morgan fingerprint density at radius 2 is 2.18 bits per heavy atom. The number of aliphatic carboxylic acids is 1. The molecule has 1 aromatic rings. The molecule has 7 heteroatoms. The number of esters is 1. The van der Waals surface area contributed by atoms with Gasteiger partial charge in [-0.15, -0.1) is 0 Å². The molecular weight excluding hydrogens is 288 g/mol. The van der Waals surface area contributed by atoms with E-state index in [1.165, 1.54) is 6.26 Å². The molecule has 2 rings (SSSR count). The van der Waals surface area contributed by atoms with Gasteiger partial charge in [0.1, 0.15) is 11.4 Å². The van der Waals surface area contributed by atoms with Crippen LogP contribution in [0.3, 0.4) is 0 Å². The van der Waals surface area contributed by atoms with E-state index in [-0.39, 0.29) is 0 Å². The smallest absolute Gasteiger partial charge is 0.328 e. The van der Waals surface area contributed by atoms with Crippen LogP contribution in [-0.2, 0) is 14.3 Å².